The van der Waals surface area contributed by atoms with Crippen LogP contribution in [0.3, 0.4) is 0 Å². The maximum atomic E-state index is 14.1. The van der Waals surface area contributed by atoms with Crippen molar-refractivity contribution in [2.24, 2.45) is 0 Å². The predicted molar refractivity (Wildman–Crippen MR) is 115 cm³/mol. The highest BCUT2D eigenvalue weighted by Gasteiger charge is 2.15. The highest BCUT2D eigenvalue weighted by molar-refractivity contribution is 7.98. The van der Waals surface area contributed by atoms with Gasteiger partial charge in [-0.2, -0.15) is 4.98 Å². The van der Waals surface area contributed by atoms with Gasteiger partial charge in [0.1, 0.15) is 5.82 Å². The Hall–Kier alpha value is -3.26. The van der Waals surface area contributed by atoms with Crippen LogP contribution < -0.4 is 5.32 Å². The number of nitrogens with one attached hydrogen (secondary N) is 1. The van der Waals surface area contributed by atoms with E-state index in [1.165, 1.54) is 17.8 Å². The average Bonchev–Trinajstić information content (AvgIpc) is 3.12. The van der Waals surface area contributed by atoms with E-state index < -0.39 is 5.82 Å². The smallest absolute Gasteiger partial charge is 0.256 e. The van der Waals surface area contributed by atoms with E-state index in [0.717, 1.165) is 22.5 Å². The summed E-state index contributed by atoms with van der Waals surface area (Å²) in [5, 5.41) is 7.72. The van der Waals surface area contributed by atoms with Gasteiger partial charge in [-0.15, -0.1) is 5.10 Å². The first kappa shape index (κ1) is 20.0. The highest BCUT2D eigenvalue weighted by Crippen LogP contribution is 2.24. The van der Waals surface area contributed by atoms with Crippen molar-refractivity contribution >= 4 is 29.1 Å². The molecule has 0 saturated heterocycles. The van der Waals surface area contributed by atoms with Gasteiger partial charge < -0.3 is 5.32 Å². The number of aromatic nitrogens is 4. The third-order valence-electron chi connectivity index (χ3n) is 4.59. The number of carbonyl (C=O) groups is 1. The molecule has 0 aliphatic rings. The molecular weight excluding hydrogens is 401 g/mol. The van der Waals surface area contributed by atoms with E-state index in [4.69, 9.17) is 0 Å². The minimum absolute atomic E-state index is 0.159. The van der Waals surface area contributed by atoms with Gasteiger partial charge in [-0.1, -0.05) is 36.0 Å². The lowest BCUT2D eigenvalue weighted by Gasteiger charge is -2.10. The topological polar surface area (TPSA) is 72.2 Å². The Labute approximate surface area is 177 Å². The molecule has 4 rings (SSSR count). The maximum absolute atomic E-state index is 14.1. The number of hydrogen-bond acceptors (Lipinski definition) is 5. The van der Waals surface area contributed by atoms with Crippen LogP contribution in [-0.4, -0.2) is 25.5 Å². The van der Waals surface area contributed by atoms with Gasteiger partial charge in [-0.3, -0.25) is 4.79 Å². The van der Waals surface area contributed by atoms with Crippen molar-refractivity contribution in [1.82, 2.24) is 19.6 Å². The van der Waals surface area contributed by atoms with Crippen molar-refractivity contribution in [3.8, 4) is 0 Å². The summed E-state index contributed by atoms with van der Waals surface area (Å²) in [5.41, 5.74) is 4.09. The third kappa shape index (κ3) is 4.18. The van der Waals surface area contributed by atoms with Crippen LogP contribution in [0.25, 0.3) is 5.78 Å². The second kappa shape index (κ2) is 8.23. The molecule has 0 unspecified atom stereocenters. The zero-order chi connectivity index (χ0) is 21.3. The molecule has 152 valence electrons. The molecule has 0 radical (unpaired) electrons. The number of halogens is 1. The summed E-state index contributed by atoms with van der Waals surface area (Å²) in [4.78, 5) is 21.6. The lowest BCUT2D eigenvalue weighted by atomic mass is 10.1. The van der Waals surface area contributed by atoms with Crippen LogP contribution in [-0.2, 0) is 5.75 Å². The zero-order valence-electron chi connectivity index (χ0n) is 16.8. The molecule has 1 N–H and O–H groups in total. The number of fused-ring (bicyclic) bond motifs is 1. The van der Waals surface area contributed by atoms with Gasteiger partial charge >= 0.3 is 0 Å². The SMILES string of the molecule is Cc1ccc(NC(=O)c2ccccc2CSc2nc3nc(C)cc(C)n3n2)c(F)c1. The first-order valence-corrected chi connectivity index (χ1v) is 10.4. The molecule has 2 aromatic heterocycles. The second-order valence-electron chi connectivity index (χ2n) is 7.03. The van der Waals surface area contributed by atoms with Gasteiger partial charge in [0.2, 0.25) is 5.16 Å². The Morgan fingerprint density at radius 1 is 1.10 bits per heavy atom. The summed E-state index contributed by atoms with van der Waals surface area (Å²) >= 11 is 1.42. The molecule has 2 heterocycles. The average molecular weight is 422 g/mol. The minimum Gasteiger partial charge on any atom is -0.319 e. The number of anilines is 1. The van der Waals surface area contributed by atoms with Crippen molar-refractivity contribution in [2.45, 2.75) is 31.7 Å². The first-order chi connectivity index (χ1) is 14.4. The lowest BCUT2D eigenvalue weighted by Crippen LogP contribution is -2.15. The number of aryl methyl sites for hydroxylation is 3. The molecule has 0 saturated carbocycles. The Morgan fingerprint density at radius 2 is 1.90 bits per heavy atom. The molecule has 8 heteroatoms. The molecule has 1 amide bonds. The summed E-state index contributed by atoms with van der Waals surface area (Å²) in [5.74, 6) is 0.234. The molecular formula is C22H20FN5OS. The van der Waals surface area contributed by atoms with Crippen molar-refractivity contribution in [1.29, 1.82) is 0 Å². The fraction of sp³-hybridized carbons (Fsp3) is 0.182. The van der Waals surface area contributed by atoms with Crippen molar-refractivity contribution < 1.29 is 9.18 Å². The Balaban J connectivity index is 1.53. The van der Waals surface area contributed by atoms with E-state index in [1.807, 2.05) is 32.0 Å². The van der Waals surface area contributed by atoms with Gasteiger partial charge in [0, 0.05) is 22.7 Å². The molecule has 0 fully saturated rings. The van der Waals surface area contributed by atoms with Crippen LogP contribution in [0.5, 0.6) is 0 Å². The van der Waals surface area contributed by atoms with E-state index in [1.54, 1.807) is 35.7 Å². The minimum atomic E-state index is -0.456. The molecule has 0 aliphatic heterocycles. The Morgan fingerprint density at radius 3 is 2.70 bits per heavy atom. The Bertz CT molecular complexity index is 1250. The summed E-state index contributed by atoms with van der Waals surface area (Å²) in [6.07, 6.45) is 0. The van der Waals surface area contributed by atoms with Gasteiger partial charge in [0.05, 0.1) is 5.69 Å². The van der Waals surface area contributed by atoms with Crippen LogP contribution >= 0.6 is 11.8 Å². The largest absolute Gasteiger partial charge is 0.319 e. The number of hydrogen-bond donors (Lipinski definition) is 1. The molecule has 0 aliphatic carbocycles. The first-order valence-electron chi connectivity index (χ1n) is 9.40. The molecule has 6 nitrogen and oxygen atoms in total. The highest BCUT2D eigenvalue weighted by atomic mass is 32.2. The van der Waals surface area contributed by atoms with E-state index >= 15 is 0 Å². The lowest BCUT2D eigenvalue weighted by molar-refractivity contribution is 0.102. The third-order valence-corrected chi connectivity index (χ3v) is 5.48. The molecule has 0 atom stereocenters. The van der Waals surface area contributed by atoms with Crippen LogP contribution in [0.15, 0.2) is 53.7 Å². The van der Waals surface area contributed by atoms with Crippen LogP contribution in [0.2, 0.25) is 0 Å². The number of rotatable bonds is 5. The predicted octanol–water partition coefficient (Wildman–Crippen LogP) is 4.73. The number of nitrogens with zero attached hydrogens (tertiary/aromatic N) is 4. The van der Waals surface area contributed by atoms with Crippen molar-refractivity contribution in [3.63, 3.8) is 0 Å². The van der Waals surface area contributed by atoms with Gasteiger partial charge in [0.25, 0.3) is 11.7 Å². The molecule has 0 spiro atoms. The summed E-state index contributed by atoms with van der Waals surface area (Å²) in [6, 6.07) is 13.9. The van der Waals surface area contributed by atoms with E-state index in [-0.39, 0.29) is 11.6 Å². The monoisotopic (exact) mass is 421 g/mol. The number of carbonyl (C=O) groups excluding carboxylic acids is 1. The second-order valence-corrected chi connectivity index (χ2v) is 7.97. The van der Waals surface area contributed by atoms with Gasteiger partial charge in [-0.25, -0.2) is 13.9 Å². The van der Waals surface area contributed by atoms with E-state index in [9.17, 15) is 9.18 Å². The fourth-order valence-corrected chi connectivity index (χ4v) is 3.95. The molecule has 2 aromatic carbocycles. The molecule has 0 bridgehead atoms. The molecule has 4 aromatic rings. The Kier molecular flexibility index (Phi) is 5.50. The summed E-state index contributed by atoms with van der Waals surface area (Å²) < 4.78 is 15.8. The fourth-order valence-electron chi connectivity index (χ4n) is 3.13. The summed E-state index contributed by atoms with van der Waals surface area (Å²) in [7, 11) is 0. The normalized spacial score (nSPS) is 11.1. The zero-order valence-corrected chi connectivity index (χ0v) is 17.6. The van der Waals surface area contributed by atoms with Crippen LogP contribution in [0.4, 0.5) is 10.1 Å². The van der Waals surface area contributed by atoms with Gasteiger partial charge in [0.15, 0.2) is 0 Å². The number of benzene rings is 2. The number of thioether (sulfide) groups is 1. The summed E-state index contributed by atoms with van der Waals surface area (Å²) in [6.45, 7) is 5.67. The standard InChI is InChI=1S/C22H20FN5OS/c1-13-8-9-19(18(23)10-13)25-20(29)17-7-5-4-6-16(17)12-30-22-26-21-24-14(2)11-15(3)28(21)27-22/h4-11H,12H2,1-3H3,(H,25,29). The van der Waals surface area contributed by atoms with E-state index in [0.29, 0.717) is 22.3 Å². The van der Waals surface area contributed by atoms with Crippen molar-refractivity contribution in [3.05, 3.63) is 82.4 Å². The van der Waals surface area contributed by atoms with E-state index in [2.05, 4.69) is 20.4 Å². The molecule has 30 heavy (non-hydrogen) atoms. The van der Waals surface area contributed by atoms with Gasteiger partial charge in [-0.05, 0) is 56.2 Å². The maximum Gasteiger partial charge on any atom is 0.256 e. The van der Waals surface area contributed by atoms with Crippen LogP contribution in [0.1, 0.15) is 32.9 Å². The van der Waals surface area contributed by atoms with Crippen molar-refractivity contribution in [2.75, 3.05) is 5.32 Å². The number of amides is 1. The quantitative estimate of drug-likeness (QED) is 0.472. The van der Waals surface area contributed by atoms with Crippen LogP contribution in [0, 0.1) is 26.6 Å².